The number of benzene rings is 1. The standard InChI is InChI=1S/C22H23N5O5/c1-12-15-14(28)11-22(2,3)19(17(15)26(24-12)13-9-7-6-8-10-13)27-18(21(30)32-5)16(23-25-27)20(29)31-4/h6-10,19H,11H2,1-5H3. The maximum atomic E-state index is 13.1. The van der Waals surface area contributed by atoms with Crippen LogP contribution in [-0.2, 0) is 9.47 Å². The number of nitrogens with zero attached hydrogens (tertiary/aromatic N) is 5. The molecular weight excluding hydrogens is 414 g/mol. The average Bonchev–Trinajstić information content (AvgIpc) is 3.34. The second-order valence-corrected chi connectivity index (χ2v) is 8.30. The summed E-state index contributed by atoms with van der Waals surface area (Å²) in [6, 6.07) is 8.73. The zero-order chi connectivity index (χ0) is 23.2. The highest BCUT2D eigenvalue weighted by Gasteiger charge is 2.48. The van der Waals surface area contributed by atoms with Crippen LogP contribution in [0.5, 0.6) is 0 Å². The summed E-state index contributed by atoms with van der Waals surface area (Å²) in [4.78, 5) is 38.1. The molecule has 0 spiro atoms. The van der Waals surface area contributed by atoms with E-state index in [9.17, 15) is 14.4 Å². The van der Waals surface area contributed by atoms with Gasteiger partial charge in [-0.2, -0.15) is 5.10 Å². The van der Waals surface area contributed by atoms with Gasteiger partial charge in [0.1, 0.15) is 6.04 Å². The second-order valence-electron chi connectivity index (χ2n) is 8.30. The monoisotopic (exact) mass is 437 g/mol. The Hall–Kier alpha value is -3.82. The minimum absolute atomic E-state index is 0.0474. The maximum Gasteiger partial charge on any atom is 0.361 e. The van der Waals surface area contributed by atoms with Gasteiger partial charge in [-0.3, -0.25) is 4.79 Å². The molecule has 0 fully saturated rings. The first kappa shape index (κ1) is 21.4. The van der Waals surface area contributed by atoms with Crippen LogP contribution in [0.3, 0.4) is 0 Å². The van der Waals surface area contributed by atoms with E-state index in [1.54, 1.807) is 11.6 Å². The van der Waals surface area contributed by atoms with Gasteiger partial charge in [0.05, 0.1) is 36.9 Å². The summed E-state index contributed by atoms with van der Waals surface area (Å²) in [5, 5.41) is 12.7. The normalized spacial score (nSPS) is 17.0. The Labute approximate surface area is 184 Å². The third-order valence-electron chi connectivity index (χ3n) is 5.69. The Bertz CT molecular complexity index is 1230. The van der Waals surface area contributed by atoms with E-state index in [2.05, 4.69) is 15.4 Å². The summed E-state index contributed by atoms with van der Waals surface area (Å²) in [5.41, 5.74) is 1.29. The molecule has 1 aromatic carbocycles. The molecule has 0 amide bonds. The molecule has 0 N–H and O–H groups in total. The second kappa shape index (κ2) is 7.70. The van der Waals surface area contributed by atoms with Crippen LogP contribution in [-0.4, -0.2) is 56.7 Å². The Morgan fingerprint density at radius 2 is 1.75 bits per heavy atom. The lowest BCUT2D eigenvalue weighted by Gasteiger charge is -2.38. The lowest BCUT2D eigenvalue weighted by atomic mass is 9.71. The van der Waals surface area contributed by atoms with Gasteiger partial charge in [-0.1, -0.05) is 37.3 Å². The number of methoxy groups -OCH3 is 2. The fourth-order valence-corrected chi connectivity index (χ4v) is 4.32. The smallest absolute Gasteiger partial charge is 0.361 e. The minimum Gasteiger partial charge on any atom is -0.464 e. The SMILES string of the molecule is COC(=O)c1nnn(C2c3c(c(C)nn3-c3ccccc3)C(=O)CC2(C)C)c1C(=O)OC. The third kappa shape index (κ3) is 3.19. The molecule has 10 heteroatoms. The van der Waals surface area contributed by atoms with E-state index < -0.39 is 23.4 Å². The first-order valence-corrected chi connectivity index (χ1v) is 10.0. The van der Waals surface area contributed by atoms with E-state index in [4.69, 9.17) is 9.47 Å². The lowest BCUT2D eigenvalue weighted by molar-refractivity contribution is 0.0535. The summed E-state index contributed by atoms with van der Waals surface area (Å²) in [6.45, 7) is 5.57. The van der Waals surface area contributed by atoms with Crippen LogP contribution >= 0.6 is 0 Å². The van der Waals surface area contributed by atoms with Gasteiger partial charge in [-0.15, -0.1) is 5.10 Å². The highest BCUT2D eigenvalue weighted by atomic mass is 16.5. The molecule has 1 aliphatic rings. The van der Waals surface area contributed by atoms with Crippen molar-refractivity contribution in [2.45, 2.75) is 33.2 Å². The molecule has 1 aliphatic carbocycles. The predicted octanol–water partition coefficient (Wildman–Crippen LogP) is 2.55. The number of carbonyl (C=O) groups excluding carboxylic acids is 3. The number of hydrogen-bond acceptors (Lipinski definition) is 8. The van der Waals surface area contributed by atoms with Gasteiger partial charge in [-0.25, -0.2) is 19.0 Å². The van der Waals surface area contributed by atoms with Crippen molar-refractivity contribution in [3.63, 3.8) is 0 Å². The number of ketones is 1. The van der Waals surface area contributed by atoms with E-state index in [0.717, 1.165) is 5.69 Å². The van der Waals surface area contributed by atoms with Gasteiger partial charge in [0.15, 0.2) is 11.5 Å². The van der Waals surface area contributed by atoms with Gasteiger partial charge < -0.3 is 9.47 Å². The number of esters is 2. The van der Waals surface area contributed by atoms with Crippen molar-refractivity contribution < 1.29 is 23.9 Å². The van der Waals surface area contributed by atoms with Crippen molar-refractivity contribution in [1.82, 2.24) is 24.8 Å². The Morgan fingerprint density at radius 3 is 2.38 bits per heavy atom. The van der Waals surface area contributed by atoms with Crippen LogP contribution in [0, 0.1) is 12.3 Å². The summed E-state index contributed by atoms with van der Waals surface area (Å²) >= 11 is 0. The first-order chi connectivity index (χ1) is 15.2. The molecule has 1 atom stereocenters. The van der Waals surface area contributed by atoms with Crippen molar-refractivity contribution in [1.29, 1.82) is 0 Å². The number of Topliss-reactive ketones (excluding diaryl/α,β-unsaturated/α-hetero) is 1. The van der Waals surface area contributed by atoms with Crippen molar-refractivity contribution >= 4 is 17.7 Å². The molecule has 3 aromatic rings. The molecule has 2 heterocycles. The molecule has 1 unspecified atom stereocenters. The zero-order valence-electron chi connectivity index (χ0n) is 18.4. The van der Waals surface area contributed by atoms with Gasteiger partial charge in [0.25, 0.3) is 0 Å². The largest absolute Gasteiger partial charge is 0.464 e. The summed E-state index contributed by atoms with van der Waals surface area (Å²) in [6.07, 6.45) is 0.194. The van der Waals surface area contributed by atoms with E-state index >= 15 is 0 Å². The van der Waals surface area contributed by atoms with Crippen molar-refractivity contribution in [3.8, 4) is 5.69 Å². The van der Waals surface area contributed by atoms with E-state index in [1.807, 2.05) is 44.2 Å². The number of hydrogen-bond donors (Lipinski definition) is 0. The number of para-hydroxylation sites is 1. The Kier molecular flexibility index (Phi) is 5.15. The highest BCUT2D eigenvalue weighted by molar-refractivity contribution is 6.02. The zero-order valence-corrected chi connectivity index (χ0v) is 18.4. The Morgan fingerprint density at radius 1 is 1.09 bits per heavy atom. The number of aryl methyl sites for hydroxylation is 1. The van der Waals surface area contributed by atoms with Gasteiger partial charge in [-0.05, 0) is 19.1 Å². The molecule has 0 bridgehead atoms. The number of carbonyl (C=O) groups is 3. The lowest BCUT2D eigenvalue weighted by Crippen LogP contribution is -2.39. The molecule has 0 aliphatic heterocycles. The topological polar surface area (TPSA) is 118 Å². The average molecular weight is 437 g/mol. The fraction of sp³-hybridized carbons (Fsp3) is 0.364. The van der Waals surface area contributed by atoms with Gasteiger partial charge in [0, 0.05) is 11.8 Å². The van der Waals surface area contributed by atoms with Crippen LogP contribution in [0.2, 0.25) is 0 Å². The maximum absolute atomic E-state index is 13.1. The van der Waals surface area contributed by atoms with E-state index in [1.165, 1.54) is 18.9 Å². The van der Waals surface area contributed by atoms with Crippen LogP contribution in [0.1, 0.15) is 69.0 Å². The predicted molar refractivity (Wildman–Crippen MR) is 112 cm³/mol. The third-order valence-corrected chi connectivity index (χ3v) is 5.69. The molecule has 0 saturated carbocycles. The summed E-state index contributed by atoms with van der Waals surface area (Å²) in [7, 11) is 2.40. The van der Waals surface area contributed by atoms with Crippen molar-refractivity contribution in [2.75, 3.05) is 14.2 Å². The van der Waals surface area contributed by atoms with Crippen molar-refractivity contribution in [3.05, 3.63) is 58.7 Å². The highest BCUT2D eigenvalue weighted by Crippen LogP contribution is 2.47. The van der Waals surface area contributed by atoms with E-state index in [-0.39, 0.29) is 23.6 Å². The molecule has 166 valence electrons. The molecule has 4 rings (SSSR count). The van der Waals surface area contributed by atoms with Crippen molar-refractivity contribution in [2.24, 2.45) is 5.41 Å². The number of aromatic nitrogens is 5. The first-order valence-electron chi connectivity index (χ1n) is 10.0. The van der Waals surface area contributed by atoms with Gasteiger partial charge in [0.2, 0.25) is 5.69 Å². The molecular formula is C22H23N5O5. The minimum atomic E-state index is -0.811. The summed E-state index contributed by atoms with van der Waals surface area (Å²) in [5.74, 6) is -1.64. The van der Waals surface area contributed by atoms with E-state index in [0.29, 0.717) is 17.0 Å². The van der Waals surface area contributed by atoms with Crippen LogP contribution in [0.15, 0.2) is 30.3 Å². The van der Waals surface area contributed by atoms with Crippen LogP contribution < -0.4 is 0 Å². The quantitative estimate of drug-likeness (QED) is 0.572. The molecule has 10 nitrogen and oxygen atoms in total. The number of ether oxygens (including phenoxy) is 2. The van der Waals surface area contributed by atoms with Crippen LogP contribution in [0.4, 0.5) is 0 Å². The van der Waals surface area contributed by atoms with Gasteiger partial charge >= 0.3 is 11.9 Å². The summed E-state index contributed by atoms with van der Waals surface area (Å²) < 4.78 is 12.7. The molecule has 0 saturated heterocycles. The Balaban J connectivity index is 2.05. The fourth-order valence-electron chi connectivity index (χ4n) is 4.32. The molecule has 2 aromatic heterocycles. The molecule has 0 radical (unpaired) electrons. The van der Waals surface area contributed by atoms with Crippen LogP contribution in [0.25, 0.3) is 5.69 Å². The number of rotatable bonds is 4. The molecule has 32 heavy (non-hydrogen) atoms. The number of fused-ring (bicyclic) bond motifs is 1.